The second-order valence-corrected chi connectivity index (χ2v) is 7.84. The zero-order valence-electron chi connectivity index (χ0n) is 14.3. The highest BCUT2D eigenvalue weighted by atomic mass is 35.5. The molecular weight excluding hydrogens is 450 g/mol. The van der Waals surface area contributed by atoms with Gasteiger partial charge in [0.05, 0.1) is 21.2 Å². The molecule has 2 amide bonds. The van der Waals surface area contributed by atoms with E-state index in [9.17, 15) is 19.8 Å². The van der Waals surface area contributed by atoms with E-state index >= 15 is 0 Å². The molecule has 0 saturated carbocycles. The molecule has 1 aliphatic heterocycles. The lowest BCUT2D eigenvalue weighted by Gasteiger charge is -2.35. The number of carbonyl (C=O) groups is 2. The van der Waals surface area contributed by atoms with E-state index in [0.29, 0.717) is 0 Å². The fourth-order valence-corrected chi connectivity index (χ4v) is 3.90. The normalized spacial score (nSPS) is 14.3. The molecule has 0 bridgehead atoms. The maximum absolute atomic E-state index is 12.7. The van der Waals surface area contributed by atoms with E-state index in [1.54, 1.807) is 0 Å². The largest absolute Gasteiger partial charge is 0.506 e. The van der Waals surface area contributed by atoms with Crippen molar-refractivity contribution in [2.24, 2.45) is 0 Å². The molecule has 28 heavy (non-hydrogen) atoms. The van der Waals surface area contributed by atoms with Crippen molar-refractivity contribution >= 4 is 58.2 Å². The number of benzene rings is 2. The lowest BCUT2D eigenvalue weighted by molar-refractivity contribution is 0.0532. The Balaban J connectivity index is 1.73. The topological polar surface area (TPSA) is 81.1 Å². The predicted molar refractivity (Wildman–Crippen MR) is 108 cm³/mol. The summed E-state index contributed by atoms with van der Waals surface area (Å²) in [7, 11) is 0. The van der Waals surface area contributed by atoms with E-state index in [-0.39, 0.29) is 68.9 Å². The summed E-state index contributed by atoms with van der Waals surface area (Å²) in [6.07, 6.45) is 0. The molecule has 1 heterocycles. The summed E-state index contributed by atoms with van der Waals surface area (Å²) in [6.45, 7) is 0.902. The molecule has 0 aromatic heterocycles. The van der Waals surface area contributed by atoms with Crippen molar-refractivity contribution in [3.8, 4) is 11.5 Å². The van der Waals surface area contributed by atoms with Crippen molar-refractivity contribution in [2.45, 2.75) is 0 Å². The molecule has 10 heteroatoms. The third-order valence-electron chi connectivity index (χ3n) is 4.37. The monoisotopic (exact) mass is 462 g/mol. The summed E-state index contributed by atoms with van der Waals surface area (Å²) in [6, 6.07) is 5.37. The van der Waals surface area contributed by atoms with Gasteiger partial charge < -0.3 is 20.0 Å². The van der Waals surface area contributed by atoms with Crippen molar-refractivity contribution in [3.05, 3.63) is 55.5 Å². The van der Waals surface area contributed by atoms with Crippen LogP contribution in [0.15, 0.2) is 24.3 Å². The van der Waals surface area contributed by atoms with Crippen molar-refractivity contribution in [1.29, 1.82) is 0 Å². The van der Waals surface area contributed by atoms with Crippen LogP contribution in [-0.2, 0) is 0 Å². The zero-order valence-corrected chi connectivity index (χ0v) is 17.3. The van der Waals surface area contributed by atoms with Crippen LogP contribution in [0.5, 0.6) is 11.5 Å². The number of piperazine rings is 1. The molecule has 0 aliphatic carbocycles. The SMILES string of the molecule is O=C(c1cc(Cl)cc(Cl)c1O)N1CCN(C(=O)c2cc(Cl)cc(Cl)c2O)CC1. The van der Waals surface area contributed by atoms with E-state index in [1.165, 1.54) is 34.1 Å². The molecule has 2 aromatic carbocycles. The summed E-state index contributed by atoms with van der Waals surface area (Å²) in [5.74, 6) is -1.56. The fraction of sp³-hybridized carbons (Fsp3) is 0.222. The first-order chi connectivity index (χ1) is 13.2. The van der Waals surface area contributed by atoms with Crippen LogP contribution in [0, 0.1) is 0 Å². The molecule has 6 nitrogen and oxygen atoms in total. The minimum Gasteiger partial charge on any atom is -0.506 e. The van der Waals surface area contributed by atoms with Crippen LogP contribution < -0.4 is 0 Å². The van der Waals surface area contributed by atoms with Gasteiger partial charge >= 0.3 is 0 Å². The van der Waals surface area contributed by atoms with E-state index in [2.05, 4.69) is 0 Å². The van der Waals surface area contributed by atoms with Crippen LogP contribution in [0.2, 0.25) is 20.1 Å². The standard InChI is InChI=1S/C18H14Cl4N2O4/c19-9-5-11(15(25)13(21)7-9)17(27)23-1-2-24(4-3-23)18(28)12-6-10(20)8-14(22)16(12)26/h5-8,25-26H,1-4H2. The summed E-state index contributed by atoms with van der Waals surface area (Å²) in [5, 5.41) is 20.5. The molecule has 0 unspecified atom stereocenters. The molecule has 1 aliphatic rings. The Morgan fingerprint density at radius 3 is 1.32 bits per heavy atom. The minimum atomic E-state index is -0.442. The number of aromatic hydroxyl groups is 2. The maximum Gasteiger partial charge on any atom is 0.257 e. The predicted octanol–water partition coefficient (Wildman–Crippen LogP) is 4.31. The first-order valence-electron chi connectivity index (χ1n) is 8.13. The highest BCUT2D eigenvalue weighted by molar-refractivity contribution is 6.37. The van der Waals surface area contributed by atoms with Crippen LogP contribution in [-0.4, -0.2) is 58.0 Å². The molecule has 148 valence electrons. The van der Waals surface area contributed by atoms with Crippen molar-refractivity contribution in [1.82, 2.24) is 9.80 Å². The third kappa shape index (κ3) is 4.10. The van der Waals surface area contributed by atoms with Crippen molar-refractivity contribution in [2.75, 3.05) is 26.2 Å². The second kappa shape index (κ2) is 8.25. The zero-order chi connectivity index (χ0) is 20.6. The second-order valence-electron chi connectivity index (χ2n) is 6.15. The highest BCUT2D eigenvalue weighted by Gasteiger charge is 2.29. The molecule has 2 aromatic rings. The Hall–Kier alpha value is -1.86. The molecule has 1 fully saturated rings. The van der Waals surface area contributed by atoms with Gasteiger partial charge in [-0.25, -0.2) is 0 Å². The summed E-state index contributed by atoms with van der Waals surface area (Å²) in [5.41, 5.74) is -0.00640. The molecule has 1 saturated heterocycles. The Morgan fingerprint density at radius 2 is 1.00 bits per heavy atom. The number of hydrogen-bond donors (Lipinski definition) is 2. The lowest BCUT2D eigenvalue weighted by Crippen LogP contribution is -2.50. The van der Waals surface area contributed by atoms with Gasteiger partial charge in [-0.1, -0.05) is 46.4 Å². The molecule has 0 spiro atoms. The van der Waals surface area contributed by atoms with Crippen LogP contribution >= 0.6 is 46.4 Å². The number of rotatable bonds is 2. The Labute approximate surface area is 180 Å². The fourth-order valence-electron chi connectivity index (χ4n) is 2.91. The maximum atomic E-state index is 12.7. The molecule has 0 atom stereocenters. The van der Waals surface area contributed by atoms with Crippen LogP contribution in [0.3, 0.4) is 0 Å². The summed E-state index contributed by atoms with van der Waals surface area (Å²) >= 11 is 23.6. The molecule has 0 radical (unpaired) electrons. The number of halogens is 4. The summed E-state index contributed by atoms with van der Waals surface area (Å²) < 4.78 is 0. The van der Waals surface area contributed by atoms with Crippen LogP contribution in [0.4, 0.5) is 0 Å². The summed E-state index contributed by atoms with van der Waals surface area (Å²) in [4.78, 5) is 28.3. The van der Waals surface area contributed by atoms with Gasteiger partial charge in [0, 0.05) is 36.2 Å². The quantitative estimate of drug-likeness (QED) is 0.695. The number of amides is 2. The third-order valence-corrected chi connectivity index (χ3v) is 5.38. The lowest BCUT2D eigenvalue weighted by atomic mass is 10.1. The average molecular weight is 464 g/mol. The van der Waals surface area contributed by atoms with Crippen LogP contribution in [0.25, 0.3) is 0 Å². The van der Waals surface area contributed by atoms with E-state index in [1.807, 2.05) is 0 Å². The number of hydrogen-bond acceptors (Lipinski definition) is 4. The van der Waals surface area contributed by atoms with Gasteiger partial charge in [0.15, 0.2) is 0 Å². The highest BCUT2D eigenvalue weighted by Crippen LogP contribution is 2.33. The van der Waals surface area contributed by atoms with Gasteiger partial charge in [0.1, 0.15) is 11.5 Å². The van der Waals surface area contributed by atoms with E-state index in [4.69, 9.17) is 46.4 Å². The van der Waals surface area contributed by atoms with Crippen LogP contribution in [0.1, 0.15) is 20.7 Å². The van der Waals surface area contributed by atoms with Gasteiger partial charge in [0.2, 0.25) is 0 Å². The number of phenolic OH excluding ortho intramolecular Hbond substituents is 2. The van der Waals surface area contributed by atoms with Gasteiger partial charge in [0.25, 0.3) is 11.8 Å². The molecular formula is C18H14Cl4N2O4. The van der Waals surface area contributed by atoms with Gasteiger partial charge in [-0.2, -0.15) is 0 Å². The van der Waals surface area contributed by atoms with E-state index < -0.39 is 11.8 Å². The van der Waals surface area contributed by atoms with Crippen molar-refractivity contribution in [3.63, 3.8) is 0 Å². The van der Waals surface area contributed by atoms with Gasteiger partial charge in [-0.15, -0.1) is 0 Å². The number of carbonyl (C=O) groups excluding carboxylic acids is 2. The first-order valence-corrected chi connectivity index (χ1v) is 9.64. The number of phenols is 2. The van der Waals surface area contributed by atoms with Gasteiger partial charge in [-0.3, -0.25) is 9.59 Å². The van der Waals surface area contributed by atoms with Gasteiger partial charge in [-0.05, 0) is 24.3 Å². The Kier molecular flexibility index (Phi) is 6.15. The number of nitrogens with zero attached hydrogens (tertiary/aromatic N) is 2. The van der Waals surface area contributed by atoms with Crippen molar-refractivity contribution < 1.29 is 19.8 Å². The smallest absolute Gasteiger partial charge is 0.257 e. The van der Waals surface area contributed by atoms with E-state index in [0.717, 1.165) is 0 Å². The Bertz CT molecular complexity index is 882. The Morgan fingerprint density at radius 1 is 0.679 bits per heavy atom. The first kappa shape index (κ1) is 20.9. The minimum absolute atomic E-state index is 0.00320. The average Bonchev–Trinajstić information content (AvgIpc) is 2.66. The molecule has 2 N–H and O–H groups in total. The molecule has 3 rings (SSSR count).